The van der Waals surface area contributed by atoms with Gasteiger partial charge in [0.1, 0.15) is 11.5 Å². The molecule has 0 unspecified atom stereocenters. The first-order chi connectivity index (χ1) is 14.6. The van der Waals surface area contributed by atoms with E-state index in [1.54, 1.807) is 23.9 Å². The first-order valence-electron chi connectivity index (χ1n) is 10.00. The van der Waals surface area contributed by atoms with Gasteiger partial charge in [0.25, 0.3) is 5.91 Å². The van der Waals surface area contributed by atoms with Crippen molar-refractivity contribution in [2.45, 2.75) is 18.8 Å². The molecule has 0 radical (unpaired) electrons. The smallest absolute Gasteiger partial charge is 0.270 e. The topological polar surface area (TPSA) is 59.0 Å². The Bertz CT molecular complexity index is 1220. The number of carbonyl (C=O) groups excluding carboxylic acids is 1. The van der Waals surface area contributed by atoms with Crippen LogP contribution in [0.5, 0.6) is 0 Å². The van der Waals surface area contributed by atoms with Crippen molar-refractivity contribution in [2.75, 3.05) is 12.4 Å². The first kappa shape index (κ1) is 18.4. The highest BCUT2D eigenvalue weighted by molar-refractivity contribution is 6.05. The molecule has 0 saturated heterocycles. The van der Waals surface area contributed by atoms with Gasteiger partial charge >= 0.3 is 0 Å². The molecule has 150 valence electrons. The highest BCUT2D eigenvalue weighted by atomic mass is 19.1. The number of carbonyl (C=O) groups is 1. The maximum Gasteiger partial charge on any atom is 0.270 e. The average molecular weight is 400 g/mol. The zero-order valence-electron chi connectivity index (χ0n) is 16.5. The molecule has 30 heavy (non-hydrogen) atoms. The van der Waals surface area contributed by atoms with E-state index in [-0.39, 0.29) is 11.7 Å². The van der Waals surface area contributed by atoms with Crippen molar-refractivity contribution in [3.8, 4) is 5.69 Å². The zero-order valence-corrected chi connectivity index (χ0v) is 16.5. The van der Waals surface area contributed by atoms with Gasteiger partial charge in [0.2, 0.25) is 0 Å². The number of aromatic nitrogens is 2. The van der Waals surface area contributed by atoms with E-state index in [1.807, 2.05) is 30.3 Å². The molecule has 4 aromatic rings. The fourth-order valence-electron chi connectivity index (χ4n) is 3.68. The van der Waals surface area contributed by atoms with Crippen molar-refractivity contribution >= 4 is 28.2 Å². The number of anilines is 2. The van der Waals surface area contributed by atoms with Crippen LogP contribution in [0.3, 0.4) is 0 Å². The molecule has 1 saturated carbocycles. The number of benzene rings is 3. The minimum atomic E-state index is -0.270. The quantitative estimate of drug-likeness (QED) is 0.487. The van der Waals surface area contributed by atoms with E-state index in [4.69, 9.17) is 0 Å². The van der Waals surface area contributed by atoms with Crippen molar-refractivity contribution in [3.05, 3.63) is 83.8 Å². The molecule has 1 fully saturated rings. The Morgan fingerprint density at radius 2 is 1.67 bits per heavy atom. The van der Waals surface area contributed by atoms with E-state index in [9.17, 15) is 9.18 Å². The van der Waals surface area contributed by atoms with Crippen LogP contribution in [-0.2, 0) is 0 Å². The van der Waals surface area contributed by atoms with E-state index in [0.717, 1.165) is 28.0 Å². The molecule has 0 bridgehead atoms. The molecule has 6 heteroatoms. The maximum atomic E-state index is 13.1. The Balaban J connectivity index is 1.51. The normalized spacial score (nSPS) is 13.4. The predicted molar refractivity (Wildman–Crippen MR) is 116 cm³/mol. The fraction of sp³-hybridized carbons (Fsp3) is 0.167. The van der Waals surface area contributed by atoms with Crippen LogP contribution in [0.15, 0.2) is 66.7 Å². The highest BCUT2D eigenvalue weighted by Gasteiger charge is 2.26. The standard InChI is InChI=1S/C24H21FN4O/c1-26-24(30)23-21-14-16(15-2-3-15)4-13-22(21)28-29(23)20-11-9-19(10-12-20)27-18-7-5-17(25)6-8-18/h4-15,27H,2-3H2,1H3,(H,26,30). The van der Waals surface area contributed by atoms with Gasteiger partial charge < -0.3 is 10.6 Å². The Hall–Kier alpha value is -3.67. The monoisotopic (exact) mass is 400 g/mol. The third-order valence-electron chi connectivity index (χ3n) is 5.43. The summed E-state index contributed by atoms with van der Waals surface area (Å²) >= 11 is 0. The maximum absolute atomic E-state index is 13.1. The number of rotatable bonds is 5. The van der Waals surface area contributed by atoms with E-state index in [2.05, 4.69) is 27.9 Å². The molecule has 1 aromatic heterocycles. The molecule has 2 N–H and O–H groups in total. The minimum Gasteiger partial charge on any atom is -0.356 e. The molecule has 1 amide bonds. The lowest BCUT2D eigenvalue weighted by Crippen LogP contribution is -2.21. The largest absolute Gasteiger partial charge is 0.356 e. The minimum absolute atomic E-state index is 0.168. The van der Waals surface area contributed by atoms with Gasteiger partial charge in [-0.05, 0) is 85.0 Å². The van der Waals surface area contributed by atoms with E-state index >= 15 is 0 Å². The number of amides is 1. The average Bonchev–Trinajstić information content (AvgIpc) is 3.55. The van der Waals surface area contributed by atoms with Crippen LogP contribution >= 0.6 is 0 Å². The van der Waals surface area contributed by atoms with Crippen LogP contribution in [0.2, 0.25) is 0 Å². The molecule has 0 atom stereocenters. The molecule has 1 aliphatic carbocycles. The first-order valence-corrected chi connectivity index (χ1v) is 10.00. The van der Waals surface area contributed by atoms with Crippen LogP contribution in [0.4, 0.5) is 15.8 Å². The van der Waals surface area contributed by atoms with E-state index < -0.39 is 0 Å². The summed E-state index contributed by atoms with van der Waals surface area (Å²) in [5.41, 5.74) is 5.06. The summed E-state index contributed by atoms with van der Waals surface area (Å²) in [5.74, 6) is 0.166. The van der Waals surface area contributed by atoms with Crippen molar-refractivity contribution in [1.29, 1.82) is 0 Å². The second-order valence-electron chi connectivity index (χ2n) is 7.57. The molecule has 5 rings (SSSR count). The van der Waals surface area contributed by atoms with Gasteiger partial charge in [-0.2, -0.15) is 5.10 Å². The van der Waals surface area contributed by atoms with Gasteiger partial charge in [-0.15, -0.1) is 0 Å². The summed E-state index contributed by atoms with van der Waals surface area (Å²) in [5, 5.41) is 11.5. The number of hydrogen-bond donors (Lipinski definition) is 2. The van der Waals surface area contributed by atoms with Crippen LogP contribution in [0, 0.1) is 5.82 Å². The summed E-state index contributed by atoms with van der Waals surface area (Å²) in [7, 11) is 1.63. The second-order valence-corrected chi connectivity index (χ2v) is 7.57. The lowest BCUT2D eigenvalue weighted by Gasteiger charge is -2.10. The van der Waals surface area contributed by atoms with Gasteiger partial charge in [-0.3, -0.25) is 4.79 Å². The number of halogens is 1. The van der Waals surface area contributed by atoms with Crippen molar-refractivity contribution < 1.29 is 9.18 Å². The van der Waals surface area contributed by atoms with Crippen LogP contribution < -0.4 is 10.6 Å². The zero-order chi connectivity index (χ0) is 20.7. The van der Waals surface area contributed by atoms with Gasteiger partial charge in [0.15, 0.2) is 0 Å². The summed E-state index contributed by atoms with van der Waals surface area (Å²) in [4.78, 5) is 12.7. The number of fused-ring (bicyclic) bond motifs is 1. The Morgan fingerprint density at radius 1 is 1.00 bits per heavy atom. The third kappa shape index (κ3) is 3.41. The molecule has 0 spiro atoms. The SMILES string of the molecule is CNC(=O)c1c2cc(C3CC3)ccc2nn1-c1ccc(Nc2ccc(F)cc2)cc1. The predicted octanol–water partition coefficient (Wildman–Crippen LogP) is 5.15. The molecule has 5 nitrogen and oxygen atoms in total. The Kier molecular flexibility index (Phi) is 4.47. The van der Waals surface area contributed by atoms with Gasteiger partial charge in [-0.1, -0.05) is 6.07 Å². The number of hydrogen-bond acceptors (Lipinski definition) is 3. The lowest BCUT2D eigenvalue weighted by atomic mass is 10.1. The summed E-state index contributed by atoms with van der Waals surface area (Å²) in [6, 6.07) is 20.0. The summed E-state index contributed by atoms with van der Waals surface area (Å²) in [6.45, 7) is 0. The molecular formula is C24H21FN4O. The lowest BCUT2D eigenvalue weighted by molar-refractivity contribution is 0.0957. The molecule has 1 heterocycles. The Morgan fingerprint density at radius 3 is 2.30 bits per heavy atom. The summed E-state index contributed by atoms with van der Waals surface area (Å²) < 4.78 is 14.8. The van der Waals surface area contributed by atoms with Gasteiger partial charge in [-0.25, -0.2) is 9.07 Å². The van der Waals surface area contributed by atoms with E-state index in [0.29, 0.717) is 11.6 Å². The third-order valence-corrected chi connectivity index (χ3v) is 5.43. The second kappa shape index (κ2) is 7.30. The fourth-order valence-corrected chi connectivity index (χ4v) is 3.68. The number of nitrogens with one attached hydrogen (secondary N) is 2. The van der Waals surface area contributed by atoms with Crippen molar-refractivity contribution in [3.63, 3.8) is 0 Å². The van der Waals surface area contributed by atoms with Crippen LogP contribution in [0.1, 0.15) is 34.8 Å². The highest BCUT2D eigenvalue weighted by Crippen LogP contribution is 2.41. The Labute approximate surface area is 173 Å². The summed E-state index contributed by atoms with van der Waals surface area (Å²) in [6.07, 6.45) is 2.41. The van der Waals surface area contributed by atoms with E-state index in [1.165, 1.54) is 30.5 Å². The van der Waals surface area contributed by atoms with Gasteiger partial charge in [0, 0.05) is 23.8 Å². The van der Waals surface area contributed by atoms with Crippen LogP contribution in [-0.4, -0.2) is 22.7 Å². The van der Waals surface area contributed by atoms with Crippen molar-refractivity contribution in [2.24, 2.45) is 0 Å². The number of nitrogens with zero attached hydrogens (tertiary/aromatic N) is 2. The van der Waals surface area contributed by atoms with Crippen LogP contribution in [0.25, 0.3) is 16.6 Å². The molecule has 1 aliphatic rings. The molecule has 0 aliphatic heterocycles. The van der Waals surface area contributed by atoms with Gasteiger partial charge in [0.05, 0.1) is 11.2 Å². The molecular weight excluding hydrogens is 379 g/mol. The molecule has 3 aromatic carbocycles. The van der Waals surface area contributed by atoms with Crippen molar-refractivity contribution in [1.82, 2.24) is 15.1 Å².